The molecule has 0 unspecified atom stereocenters. The van der Waals surface area contributed by atoms with E-state index in [9.17, 15) is 4.39 Å². The number of hydrogen-bond acceptors (Lipinski definition) is 4. The van der Waals surface area contributed by atoms with E-state index in [4.69, 9.17) is 0 Å². The smallest absolute Gasteiger partial charge is 0.213 e. The minimum absolute atomic E-state index is 0.291. The van der Waals surface area contributed by atoms with Crippen LogP contribution in [0.25, 0.3) is 0 Å². The molecule has 0 bridgehead atoms. The van der Waals surface area contributed by atoms with Crippen molar-refractivity contribution in [3.8, 4) is 0 Å². The maximum Gasteiger partial charge on any atom is 0.213 e. The Bertz CT molecular complexity index is 484. The topological polar surface area (TPSA) is 41.6 Å². The predicted octanol–water partition coefficient (Wildman–Crippen LogP) is 2.69. The van der Waals surface area contributed by atoms with Gasteiger partial charge in [0.05, 0.1) is 4.90 Å². The molecule has 1 heterocycles. The first-order valence-corrected chi connectivity index (χ1v) is 5.47. The second kappa shape index (κ2) is 4.24. The highest BCUT2D eigenvalue weighted by atomic mass is 32.2. The van der Waals surface area contributed by atoms with Crippen molar-refractivity contribution in [2.45, 2.75) is 21.9 Å². The van der Waals surface area contributed by atoms with Gasteiger partial charge >= 0.3 is 0 Å². The van der Waals surface area contributed by atoms with Gasteiger partial charge in [0.15, 0.2) is 0 Å². The average Bonchev–Trinajstić information content (AvgIpc) is 2.58. The van der Waals surface area contributed by atoms with Crippen molar-refractivity contribution in [3.63, 3.8) is 0 Å². The summed E-state index contributed by atoms with van der Waals surface area (Å²) in [5.74, 6) is 0.417. The minimum atomic E-state index is -0.291. The van der Waals surface area contributed by atoms with Crippen LogP contribution in [0.2, 0.25) is 0 Å². The second-order valence-electron chi connectivity index (χ2n) is 2.92. The van der Waals surface area contributed by atoms with Crippen molar-refractivity contribution < 1.29 is 4.39 Å². The predicted molar refractivity (Wildman–Crippen MR) is 58.9 cm³/mol. The molecule has 1 N–H and O–H groups in total. The minimum Gasteiger partial charge on any atom is -0.262 e. The number of benzene rings is 1. The van der Waals surface area contributed by atoms with Crippen molar-refractivity contribution in [2.75, 3.05) is 0 Å². The Labute approximate surface area is 95.9 Å². The lowest BCUT2D eigenvalue weighted by atomic mass is 10.3. The summed E-state index contributed by atoms with van der Waals surface area (Å²) in [6, 6.07) is 4.63. The Morgan fingerprint density at radius 1 is 1.47 bits per heavy atom. The Hall–Kier alpha value is -1.01. The third-order valence-electron chi connectivity index (χ3n) is 1.69. The molecule has 2 rings (SSSR count). The second-order valence-corrected chi connectivity index (χ2v) is 4.45. The molecule has 0 aliphatic rings. The van der Waals surface area contributed by atoms with Gasteiger partial charge in [-0.2, -0.15) is 0 Å². The molecule has 1 aromatic carbocycles. The van der Waals surface area contributed by atoms with Crippen molar-refractivity contribution in [2.24, 2.45) is 0 Å². The highest BCUT2D eigenvalue weighted by Crippen LogP contribution is 2.28. The molecular formula is C9H8FN3S2. The zero-order chi connectivity index (χ0) is 10.8. The highest BCUT2D eigenvalue weighted by molar-refractivity contribution is 7.99. The zero-order valence-electron chi connectivity index (χ0n) is 7.86. The van der Waals surface area contributed by atoms with Crippen LogP contribution in [0.3, 0.4) is 0 Å². The number of thiol groups is 1. The Morgan fingerprint density at radius 3 is 2.93 bits per heavy atom. The number of hydrogen-bond donors (Lipinski definition) is 2. The lowest BCUT2D eigenvalue weighted by Gasteiger charge is -1.99. The summed E-state index contributed by atoms with van der Waals surface area (Å²) in [6.07, 6.45) is 0. The van der Waals surface area contributed by atoms with Crippen LogP contribution < -0.4 is 0 Å². The first kappa shape index (κ1) is 10.5. The van der Waals surface area contributed by atoms with Crippen LogP contribution in [-0.4, -0.2) is 15.2 Å². The summed E-state index contributed by atoms with van der Waals surface area (Å²) in [7, 11) is 0. The van der Waals surface area contributed by atoms with E-state index in [1.807, 2.05) is 0 Å². The molecule has 1 aromatic heterocycles. The van der Waals surface area contributed by atoms with Gasteiger partial charge in [-0.05, 0) is 36.9 Å². The molecule has 0 radical (unpaired) electrons. The van der Waals surface area contributed by atoms with Crippen molar-refractivity contribution in [1.82, 2.24) is 15.2 Å². The number of rotatable bonds is 2. The zero-order valence-corrected chi connectivity index (χ0v) is 9.57. The summed E-state index contributed by atoms with van der Waals surface area (Å²) < 4.78 is 13.3. The van der Waals surface area contributed by atoms with Gasteiger partial charge in [0, 0.05) is 4.90 Å². The molecular weight excluding hydrogens is 233 g/mol. The molecule has 6 heteroatoms. The summed E-state index contributed by atoms with van der Waals surface area (Å²) >= 11 is 5.32. The Kier molecular flexibility index (Phi) is 2.97. The quantitative estimate of drug-likeness (QED) is 0.794. The SMILES string of the molecule is Cc1nc(Sc2cc(S)ccc2F)n[nH]1. The first-order chi connectivity index (χ1) is 7.15. The third-order valence-corrected chi connectivity index (χ3v) is 2.87. The Morgan fingerprint density at radius 2 is 2.27 bits per heavy atom. The average molecular weight is 241 g/mol. The standard InChI is InChI=1S/C9H8FN3S2/c1-5-11-9(13-12-5)15-8-4-6(14)2-3-7(8)10/h2-4,14H,1H3,(H,11,12,13). The van der Waals surface area contributed by atoms with Crippen LogP contribution in [0.1, 0.15) is 5.82 Å². The first-order valence-electron chi connectivity index (χ1n) is 4.20. The number of halogens is 1. The van der Waals surface area contributed by atoms with Gasteiger partial charge in [0.2, 0.25) is 5.16 Å². The number of aryl methyl sites for hydroxylation is 1. The van der Waals surface area contributed by atoms with Gasteiger partial charge in [-0.25, -0.2) is 9.37 Å². The molecule has 0 saturated carbocycles. The van der Waals surface area contributed by atoms with Gasteiger partial charge in [-0.15, -0.1) is 17.7 Å². The van der Waals surface area contributed by atoms with E-state index in [1.54, 1.807) is 19.1 Å². The molecule has 0 amide bonds. The van der Waals surface area contributed by atoms with Crippen LogP contribution >= 0.6 is 24.4 Å². The van der Waals surface area contributed by atoms with E-state index in [2.05, 4.69) is 27.8 Å². The number of nitrogens with zero attached hydrogens (tertiary/aromatic N) is 2. The van der Waals surface area contributed by atoms with Gasteiger partial charge in [0.25, 0.3) is 0 Å². The molecule has 0 spiro atoms. The van der Waals surface area contributed by atoms with Crippen molar-refractivity contribution in [1.29, 1.82) is 0 Å². The molecule has 15 heavy (non-hydrogen) atoms. The van der Waals surface area contributed by atoms with Gasteiger partial charge in [-0.1, -0.05) is 0 Å². The van der Waals surface area contributed by atoms with Crippen molar-refractivity contribution in [3.05, 3.63) is 29.8 Å². The molecule has 0 atom stereocenters. The van der Waals surface area contributed by atoms with Crippen molar-refractivity contribution >= 4 is 24.4 Å². The van der Waals surface area contributed by atoms with Crippen LogP contribution in [0.15, 0.2) is 33.1 Å². The highest BCUT2D eigenvalue weighted by Gasteiger charge is 2.07. The van der Waals surface area contributed by atoms with E-state index >= 15 is 0 Å². The largest absolute Gasteiger partial charge is 0.262 e. The summed E-state index contributed by atoms with van der Waals surface area (Å²) in [5.41, 5.74) is 0. The Balaban J connectivity index is 2.27. The molecule has 0 aliphatic heterocycles. The van der Waals surface area contributed by atoms with Gasteiger partial charge < -0.3 is 0 Å². The maximum atomic E-state index is 13.3. The number of nitrogens with one attached hydrogen (secondary N) is 1. The molecule has 3 nitrogen and oxygen atoms in total. The van der Waals surface area contributed by atoms with Gasteiger partial charge in [0.1, 0.15) is 11.6 Å². The molecule has 0 aliphatic carbocycles. The number of aromatic amines is 1. The monoisotopic (exact) mass is 241 g/mol. The number of aromatic nitrogens is 3. The van der Waals surface area contributed by atoms with Gasteiger partial charge in [-0.3, -0.25) is 5.10 Å². The molecule has 0 fully saturated rings. The fourth-order valence-electron chi connectivity index (χ4n) is 1.04. The van der Waals surface area contributed by atoms with E-state index in [0.717, 1.165) is 0 Å². The summed E-state index contributed by atoms with van der Waals surface area (Å²) in [5, 5.41) is 7.12. The van der Waals surface area contributed by atoms with Crippen LogP contribution in [-0.2, 0) is 0 Å². The van der Waals surface area contributed by atoms with Crippen LogP contribution in [0, 0.1) is 12.7 Å². The lowest BCUT2D eigenvalue weighted by Crippen LogP contribution is -1.82. The fourth-order valence-corrected chi connectivity index (χ4v) is 2.15. The summed E-state index contributed by atoms with van der Waals surface area (Å²) in [4.78, 5) is 5.27. The van der Waals surface area contributed by atoms with E-state index in [0.29, 0.717) is 20.8 Å². The molecule has 78 valence electrons. The third kappa shape index (κ3) is 2.51. The fraction of sp³-hybridized carbons (Fsp3) is 0.111. The summed E-state index contributed by atoms with van der Waals surface area (Å²) in [6.45, 7) is 1.79. The molecule has 2 aromatic rings. The molecule has 0 saturated heterocycles. The van der Waals surface area contributed by atoms with E-state index in [-0.39, 0.29) is 5.82 Å². The van der Waals surface area contributed by atoms with E-state index in [1.165, 1.54) is 17.8 Å². The van der Waals surface area contributed by atoms with Crippen LogP contribution in [0.4, 0.5) is 4.39 Å². The van der Waals surface area contributed by atoms with E-state index < -0.39 is 0 Å². The maximum absolute atomic E-state index is 13.3. The normalized spacial score (nSPS) is 10.6. The van der Waals surface area contributed by atoms with Crippen LogP contribution in [0.5, 0.6) is 0 Å². The lowest BCUT2D eigenvalue weighted by molar-refractivity contribution is 0.600. The number of H-pyrrole nitrogens is 1.